The molecule has 0 bridgehead atoms. The highest BCUT2D eigenvalue weighted by atomic mass is 16.1. The van der Waals surface area contributed by atoms with Gasteiger partial charge in [-0.15, -0.1) is 0 Å². The van der Waals surface area contributed by atoms with Gasteiger partial charge in [0.1, 0.15) is 0 Å². The number of benzene rings is 1. The van der Waals surface area contributed by atoms with Crippen molar-refractivity contribution in [3.05, 3.63) is 41.0 Å². The van der Waals surface area contributed by atoms with E-state index in [4.69, 9.17) is 0 Å². The van der Waals surface area contributed by atoms with Crippen LogP contribution < -0.4 is 0 Å². The van der Waals surface area contributed by atoms with E-state index in [2.05, 4.69) is 24.3 Å². The van der Waals surface area contributed by atoms with Crippen molar-refractivity contribution in [1.29, 1.82) is 0 Å². The highest BCUT2D eigenvalue weighted by molar-refractivity contribution is 6.08. The van der Waals surface area contributed by atoms with E-state index in [0.29, 0.717) is 11.7 Å². The Balaban J connectivity index is 2.25. The Morgan fingerprint density at radius 2 is 2.00 bits per heavy atom. The van der Waals surface area contributed by atoms with Gasteiger partial charge in [-0.05, 0) is 41.5 Å². The molecule has 1 aromatic carbocycles. The van der Waals surface area contributed by atoms with Crippen LogP contribution in [-0.4, -0.2) is 5.78 Å². The van der Waals surface area contributed by atoms with Gasteiger partial charge >= 0.3 is 0 Å². The number of carbonyl (C=O) groups excluding carboxylic acids is 1. The summed E-state index contributed by atoms with van der Waals surface area (Å²) in [5, 5.41) is 0. The average Bonchev–Trinajstić information content (AvgIpc) is 2.65. The van der Waals surface area contributed by atoms with Crippen molar-refractivity contribution in [2.75, 3.05) is 0 Å². The average molecular weight is 184 g/mol. The van der Waals surface area contributed by atoms with Gasteiger partial charge in [0, 0.05) is 6.42 Å². The van der Waals surface area contributed by atoms with Gasteiger partial charge in [0.2, 0.25) is 0 Å². The van der Waals surface area contributed by atoms with Gasteiger partial charge in [0.05, 0.1) is 0 Å². The first-order valence-corrected chi connectivity index (χ1v) is 5.09. The molecule has 1 atom stereocenters. The van der Waals surface area contributed by atoms with Gasteiger partial charge in [0.15, 0.2) is 5.78 Å². The minimum Gasteiger partial charge on any atom is -0.295 e. The number of hydrogen-bond donors (Lipinski definition) is 0. The lowest BCUT2D eigenvalue weighted by Gasteiger charge is -2.01. The minimum absolute atomic E-state index is 0.347. The van der Waals surface area contributed by atoms with Crippen LogP contribution in [0.15, 0.2) is 29.8 Å². The van der Waals surface area contributed by atoms with Crippen LogP contribution in [0.5, 0.6) is 0 Å². The summed E-state index contributed by atoms with van der Waals surface area (Å²) in [5.41, 5.74) is 5.06. The molecule has 0 amide bonds. The van der Waals surface area contributed by atoms with Gasteiger partial charge in [-0.2, -0.15) is 0 Å². The van der Waals surface area contributed by atoms with Crippen LogP contribution in [0.2, 0.25) is 0 Å². The summed E-state index contributed by atoms with van der Waals surface area (Å²) in [5.74, 6) is 0.833. The molecule has 1 unspecified atom stereocenters. The van der Waals surface area contributed by atoms with Crippen LogP contribution in [0, 0.1) is 5.92 Å². The van der Waals surface area contributed by atoms with Crippen molar-refractivity contribution in [3.63, 3.8) is 0 Å². The lowest BCUT2D eigenvalue weighted by atomic mass is 10.0. The van der Waals surface area contributed by atoms with Gasteiger partial charge in [-0.1, -0.05) is 24.3 Å². The van der Waals surface area contributed by atoms with Crippen molar-refractivity contribution in [2.45, 2.75) is 19.8 Å². The quantitative estimate of drug-likeness (QED) is 0.605. The Bertz CT molecular complexity index is 454. The van der Waals surface area contributed by atoms with Crippen molar-refractivity contribution in [1.82, 2.24) is 0 Å². The zero-order valence-corrected chi connectivity index (χ0v) is 8.21. The predicted octanol–water partition coefficient (Wildman–Crippen LogP) is 2.61. The standard InChI is InChI=1S/C13H12O/c1-8-12(14)7-10-6-9-4-2-3-5-11(9)13(8)10/h2-5,10H,6-7H2,1H3. The van der Waals surface area contributed by atoms with E-state index in [-0.39, 0.29) is 0 Å². The fourth-order valence-corrected chi connectivity index (χ4v) is 2.76. The molecule has 0 spiro atoms. The summed E-state index contributed by atoms with van der Waals surface area (Å²) >= 11 is 0. The second-order valence-corrected chi connectivity index (χ2v) is 4.22. The van der Waals surface area contributed by atoms with Crippen LogP contribution in [0.4, 0.5) is 0 Å². The molecule has 1 nitrogen and oxygen atoms in total. The summed E-state index contributed by atoms with van der Waals surface area (Å²) < 4.78 is 0. The maximum Gasteiger partial charge on any atom is 0.159 e. The summed E-state index contributed by atoms with van der Waals surface area (Å²) in [6.45, 7) is 1.97. The molecule has 0 saturated heterocycles. The zero-order chi connectivity index (χ0) is 9.71. The van der Waals surface area contributed by atoms with Crippen LogP contribution >= 0.6 is 0 Å². The SMILES string of the molecule is CC1=C2c3ccccc3CC2CC1=O. The lowest BCUT2D eigenvalue weighted by Crippen LogP contribution is -1.98. The second-order valence-electron chi connectivity index (χ2n) is 4.22. The molecule has 0 fully saturated rings. The molecule has 0 aliphatic heterocycles. The van der Waals surface area contributed by atoms with Gasteiger partial charge in [0.25, 0.3) is 0 Å². The molecule has 0 radical (unpaired) electrons. The van der Waals surface area contributed by atoms with E-state index >= 15 is 0 Å². The van der Waals surface area contributed by atoms with Gasteiger partial charge < -0.3 is 0 Å². The van der Waals surface area contributed by atoms with Crippen LogP contribution in [0.1, 0.15) is 24.5 Å². The number of allylic oxidation sites excluding steroid dienone is 2. The third-order valence-electron chi connectivity index (χ3n) is 3.44. The lowest BCUT2D eigenvalue weighted by molar-refractivity contribution is -0.115. The van der Waals surface area contributed by atoms with Crippen LogP contribution in [0.25, 0.3) is 5.57 Å². The molecule has 1 aromatic rings. The summed E-state index contributed by atoms with van der Waals surface area (Å²) in [7, 11) is 0. The summed E-state index contributed by atoms with van der Waals surface area (Å²) in [6, 6.07) is 8.47. The largest absolute Gasteiger partial charge is 0.295 e. The van der Waals surface area contributed by atoms with E-state index in [1.54, 1.807) is 0 Å². The molecule has 2 aliphatic carbocycles. The Morgan fingerprint density at radius 3 is 2.86 bits per heavy atom. The third-order valence-corrected chi connectivity index (χ3v) is 3.44. The summed E-state index contributed by atoms with van der Waals surface area (Å²) in [6.07, 6.45) is 1.80. The normalized spacial score (nSPS) is 24.1. The molecule has 14 heavy (non-hydrogen) atoms. The first kappa shape index (κ1) is 7.98. The Hall–Kier alpha value is -1.37. The molecule has 0 N–H and O–H groups in total. The molecule has 70 valence electrons. The van der Waals surface area contributed by atoms with E-state index < -0.39 is 0 Å². The highest BCUT2D eigenvalue weighted by Gasteiger charge is 2.36. The first-order valence-electron chi connectivity index (χ1n) is 5.09. The number of ketones is 1. The topological polar surface area (TPSA) is 17.1 Å². The minimum atomic E-state index is 0.347. The zero-order valence-electron chi connectivity index (χ0n) is 8.21. The molecule has 0 heterocycles. The van der Waals surface area contributed by atoms with Crippen molar-refractivity contribution in [2.24, 2.45) is 5.92 Å². The molecular weight excluding hydrogens is 172 g/mol. The fourth-order valence-electron chi connectivity index (χ4n) is 2.76. The third kappa shape index (κ3) is 0.872. The van der Waals surface area contributed by atoms with Gasteiger partial charge in [-0.3, -0.25) is 4.79 Å². The predicted molar refractivity (Wildman–Crippen MR) is 55.9 cm³/mol. The first-order chi connectivity index (χ1) is 6.77. The van der Waals surface area contributed by atoms with Crippen LogP contribution in [-0.2, 0) is 11.2 Å². The number of fused-ring (bicyclic) bond motifs is 3. The number of rotatable bonds is 0. The van der Waals surface area contributed by atoms with Gasteiger partial charge in [-0.25, -0.2) is 0 Å². The summed E-state index contributed by atoms with van der Waals surface area (Å²) in [4.78, 5) is 11.5. The van der Waals surface area contributed by atoms with E-state index in [0.717, 1.165) is 18.4 Å². The van der Waals surface area contributed by atoms with Crippen molar-refractivity contribution in [3.8, 4) is 0 Å². The molecule has 0 saturated carbocycles. The van der Waals surface area contributed by atoms with Crippen LogP contribution in [0.3, 0.4) is 0 Å². The molecule has 0 aromatic heterocycles. The molecular formula is C13H12O. The molecule has 1 heteroatoms. The van der Waals surface area contributed by atoms with E-state index in [1.165, 1.54) is 16.7 Å². The highest BCUT2D eigenvalue weighted by Crippen LogP contribution is 2.45. The molecule has 2 aliphatic rings. The van der Waals surface area contributed by atoms with E-state index in [9.17, 15) is 4.79 Å². The fraction of sp³-hybridized carbons (Fsp3) is 0.308. The Kier molecular flexibility index (Phi) is 1.46. The van der Waals surface area contributed by atoms with Crippen molar-refractivity contribution < 1.29 is 4.79 Å². The maximum atomic E-state index is 11.5. The maximum absolute atomic E-state index is 11.5. The van der Waals surface area contributed by atoms with Crippen molar-refractivity contribution >= 4 is 11.4 Å². The Labute approximate surface area is 83.4 Å². The monoisotopic (exact) mass is 184 g/mol. The second kappa shape index (κ2) is 2.57. The molecule has 3 rings (SSSR count). The number of hydrogen-bond acceptors (Lipinski definition) is 1. The van der Waals surface area contributed by atoms with E-state index in [1.807, 2.05) is 6.92 Å². The number of carbonyl (C=O) groups is 1. The Morgan fingerprint density at radius 1 is 1.21 bits per heavy atom. The smallest absolute Gasteiger partial charge is 0.159 e. The number of Topliss-reactive ketones (excluding diaryl/α,β-unsaturated/α-hetero) is 1.